The number of ether oxygens (including phenoxy) is 1. The molecule has 0 bridgehead atoms. The Morgan fingerprint density at radius 1 is 1.47 bits per heavy atom. The van der Waals surface area contributed by atoms with Gasteiger partial charge in [0.2, 0.25) is 0 Å². The molecule has 0 aliphatic heterocycles. The van der Waals surface area contributed by atoms with Crippen molar-refractivity contribution in [3.63, 3.8) is 0 Å². The van der Waals surface area contributed by atoms with Gasteiger partial charge in [-0.3, -0.25) is 0 Å². The molecule has 1 aromatic carbocycles. The molecule has 3 nitrogen and oxygen atoms in total. The fourth-order valence-corrected chi connectivity index (χ4v) is 1.08. The van der Waals surface area contributed by atoms with Crippen LogP contribution in [0.5, 0.6) is 5.75 Å². The number of anilines is 1. The Bertz CT molecular complexity index is 391. The first kappa shape index (κ1) is 11.4. The standard InChI is InChI=1S/C12H16N2O/c1-4-12(2,3)15-11-6-5-9(8-13)7-10(11)14/h5-7H,4,14H2,1-3H3. The van der Waals surface area contributed by atoms with Gasteiger partial charge in [-0.1, -0.05) is 6.92 Å². The van der Waals surface area contributed by atoms with Crippen LogP contribution < -0.4 is 10.5 Å². The average Bonchev–Trinajstić information content (AvgIpc) is 2.21. The summed E-state index contributed by atoms with van der Waals surface area (Å²) >= 11 is 0. The van der Waals surface area contributed by atoms with Crippen LogP contribution in [0.2, 0.25) is 0 Å². The highest BCUT2D eigenvalue weighted by Crippen LogP contribution is 2.27. The average molecular weight is 204 g/mol. The summed E-state index contributed by atoms with van der Waals surface area (Å²) in [7, 11) is 0. The van der Waals surface area contributed by atoms with E-state index in [1.54, 1.807) is 18.2 Å². The van der Waals surface area contributed by atoms with Crippen molar-refractivity contribution in [2.45, 2.75) is 32.8 Å². The van der Waals surface area contributed by atoms with Crippen LogP contribution in [-0.4, -0.2) is 5.60 Å². The van der Waals surface area contributed by atoms with E-state index >= 15 is 0 Å². The molecule has 0 radical (unpaired) electrons. The van der Waals surface area contributed by atoms with Crippen molar-refractivity contribution >= 4 is 5.69 Å². The molecule has 2 N–H and O–H groups in total. The highest BCUT2D eigenvalue weighted by Gasteiger charge is 2.18. The first-order valence-corrected chi connectivity index (χ1v) is 4.97. The number of nitriles is 1. The molecule has 0 unspecified atom stereocenters. The lowest BCUT2D eigenvalue weighted by Gasteiger charge is -2.25. The minimum absolute atomic E-state index is 0.234. The summed E-state index contributed by atoms with van der Waals surface area (Å²) in [6, 6.07) is 7.11. The first-order valence-electron chi connectivity index (χ1n) is 4.97. The smallest absolute Gasteiger partial charge is 0.143 e. The molecule has 1 aromatic rings. The first-order chi connectivity index (χ1) is 6.98. The summed E-state index contributed by atoms with van der Waals surface area (Å²) in [5.41, 5.74) is 6.61. The van der Waals surface area contributed by atoms with Crippen molar-refractivity contribution in [3.8, 4) is 11.8 Å². The molecule has 15 heavy (non-hydrogen) atoms. The number of nitrogens with two attached hydrogens (primary N) is 1. The summed E-state index contributed by atoms with van der Waals surface area (Å²) in [6.45, 7) is 6.06. The SMILES string of the molecule is CCC(C)(C)Oc1ccc(C#N)cc1N. The van der Waals surface area contributed by atoms with Gasteiger partial charge >= 0.3 is 0 Å². The van der Waals surface area contributed by atoms with E-state index in [2.05, 4.69) is 6.92 Å². The molecule has 0 saturated carbocycles. The van der Waals surface area contributed by atoms with Gasteiger partial charge in [0, 0.05) is 0 Å². The Hall–Kier alpha value is -1.69. The van der Waals surface area contributed by atoms with Gasteiger partial charge in [0.15, 0.2) is 0 Å². The number of hydrogen-bond donors (Lipinski definition) is 1. The largest absolute Gasteiger partial charge is 0.486 e. The quantitative estimate of drug-likeness (QED) is 0.770. The van der Waals surface area contributed by atoms with E-state index in [9.17, 15) is 0 Å². The monoisotopic (exact) mass is 204 g/mol. The topological polar surface area (TPSA) is 59.0 Å². The third-order valence-corrected chi connectivity index (χ3v) is 2.38. The van der Waals surface area contributed by atoms with Gasteiger partial charge in [0.1, 0.15) is 11.4 Å². The number of nitrogens with zero attached hydrogens (tertiary/aromatic N) is 1. The number of rotatable bonds is 3. The van der Waals surface area contributed by atoms with Crippen LogP contribution in [0.1, 0.15) is 32.8 Å². The van der Waals surface area contributed by atoms with Gasteiger partial charge in [-0.2, -0.15) is 5.26 Å². The summed E-state index contributed by atoms with van der Waals surface area (Å²) < 4.78 is 5.75. The van der Waals surface area contributed by atoms with Crippen molar-refractivity contribution in [1.82, 2.24) is 0 Å². The van der Waals surface area contributed by atoms with Crippen LogP contribution in [0, 0.1) is 11.3 Å². The van der Waals surface area contributed by atoms with E-state index < -0.39 is 0 Å². The molecule has 0 spiro atoms. The lowest BCUT2D eigenvalue weighted by atomic mass is 10.1. The van der Waals surface area contributed by atoms with E-state index in [1.807, 2.05) is 19.9 Å². The Morgan fingerprint density at radius 2 is 2.13 bits per heavy atom. The number of benzene rings is 1. The van der Waals surface area contributed by atoms with Crippen molar-refractivity contribution in [1.29, 1.82) is 5.26 Å². The molecule has 0 saturated heterocycles. The maximum atomic E-state index is 8.69. The van der Waals surface area contributed by atoms with Crippen molar-refractivity contribution < 1.29 is 4.74 Å². The highest BCUT2D eigenvalue weighted by atomic mass is 16.5. The molecule has 1 rings (SSSR count). The van der Waals surface area contributed by atoms with Crippen LogP contribution in [-0.2, 0) is 0 Å². The molecule has 0 fully saturated rings. The van der Waals surface area contributed by atoms with Crippen molar-refractivity contribution in [3.05, 3.63) is 23.8 Å². The van der Waals surface area contributed by atoms with Gasteiger partial charge < -0.3 is 10.5 Å². The van der Waals surface area contributed by atoms with Crippen LogP contribution in [0.15, 0.2) is 18.2 Å². The van der Waals surface area contributed by atoms with Crippen molar-refractivity contribution in [2.24, 2.45) is 0 Å². The maximum absolute atomic E-state index is 8.69. The second kappa shape index (κ2) is 4.22. The summed E-state index contributed by atoms with van der Waals surface area (Å²) in [6.07, 6.45) is 0.895. The third-order valence-electron chi connectivity index (χ3n) is 2.38. The number of hydrogen-bond acceptors (Lipinski definition) is 3. The fraction of sp³-hybridized carbons (Fsp3) is 0.417. The molecule has 0 heterocycles. The van der Waals surface area contributed by atoms with Gasteiger partial charge in [0.25, 0.3) is 0 Å². The lowest BCUT2D eigenvalue weighted by molar-refractivity contribution is 0.106. The fourth-order valence-electron chi connectivity index (χ4n) is 1.08. The Labute approximate surface area is 90.5 Å². The molecule has 0 atom stereocenters. The van der Waals surface area contributed by atoms with E-state index in [0.717, 1.165) is 6.42 Å². The molecule has 3 heteroatoms. The zero-order valence-electron chi connectivity index (χ0n) is 9.37. The van der Waals surface area contributed by atoms with E-state index in [1.165, 1.54) is 0 Å². The van der Waals surface area contributed by atoms with Gasteiger partial charge in [-0.05, 0) is 38.5 Å². The minimum Gasteiger partial charge on any atom is -0.486 e. The maximum Gasteiger partial charge on any atom is 0.143 e. The van der Waals surface area contributed by atoms with Crippen LogP contribution >= 0.6 is 0 Å². The molecular weight excluding hydrogens is 188 g/mol. The van der Waals surface area contributed by atoms with Crippen LogP contribution in [0.25, 0.3) is 0 Å². The molecule has 0 aliphatic rings. The van der Waals surface area contributed by atoms with Crippen LogP contribution in [0.4, 0.5) is 5.69 Å². The zero-order chi connectivity index (χ0) is 11.5. The van der Waals surface area contributed by atoms with Gasteiger partial charge in [-0.25, -0.2) is 0 Å². The van der Waals surface area contributed by atoms with E-state index in [0.29, 0.717) is 17.0 Å². The lowest BCUT2D eigenvalue weighted by Crippen LogP contribution is -2.27. The predicted octanol–water partition coefficient (Wildman–Crippen LogP) is 2.71. The second-order valence-electron chi connectivity index (χ2n) is 4.08. The van der Waals surface area contributed by atoms with Gasteiger partial charge in [-0.15, -0.1) is 0 Å². The molecule has 0 aliphatic carbocycles. The van der Waals surface area contributed by atoms with E-state index in [4.69, 9.17) is 15.7 Å². The van der Waals surface area contributed by atoms with E-state index in [-0.39, 0.29) is 5.60 Å². The molecule has 0 aromatic heterocycles. The predicted molar refractivity (Wildman–Crippen MR) is 60.6 cm³/mol. The third kappa shape index (κ3) is 2.88. The Balaban J connectivity index is 2.93. The van der Waals surface area contributed by atoms with Crippen LogP contribution in [0.3, 0.4) is 0 Å². The summed E-state index contributed by atoms with van der Waals surface area (Å²) in [4.78, 5) is 0. The zero-order valence-corrected chi connectivity index (χ0v) is 9.37. The highest BCUT2D eigenvalue weighted by molar-refractivity contribution is 5.56. The Kier molecular flexibility index (Phi) is 3.21. The minimum atomic E-state index is -0.234. The summed E-state index contributed by atoms with van der Waals surface area (Å²) in [5.74, 6) is 0.640. The number of nitrogen functional groups attached to an aromatic ring is 1. The second-order valence-corrected chi connectivity index (χ2v) is 4.08. The van der Waals surface area contributed by atoms with Crippen molar-refractivity contribution in [2.75, 3.05) is 5.73 Å². The molecular formula is C12H16N2O. The summed E-state index contributed by atoms with van der Waals surface area (Å²) in [5, 5.41) is 8.69. The molecule has 0 amide bonds. The molecule has 80 valence electrons. The van der Waals surface area contributed by atoms with Gasteiger partial charge in [0.05, 0.1) is 17.3 Å². The normalized spacial score (nSPS) is 10.8. The Morgan fingerprint density at radius 3 is 2.60 bits per heavy atom.